The molecule has 1 rings (SSSR count). The van der Waals surface area contributed by atoms with Gasteiger partial charge in [-0.3, -0.25) is 4.79 Å². The largest absolute Gasteiger partial charge is 0.514 e. The van der Waals surface area contributed by atoms with E-state index in [1.807, 2.05) is 22.6 Å². The molecule has 0 aliphatic heterocycles. The van der Waals surface area contributed by atoms with Gasteiger partial charge in [-0.05, 0) is 23.0 Å². The van der Waals surface area contributed by atoms with Crippen LogP contribution in [0.2, 0.25) is 0 Å². The van der Waals surface area contributed by atoms with E-state index in [4.69, 9.17) is 4.74 Å². The molecule has 88 valence electrons. The molecular formula is C12H9IO4. The zero-order valence-electron chi connectivity index (χ0n) is 9.03. The van der Waals surface area contributed by atoms with E-state index in [1.54, 1.807) is 18.2 Å². The molecule has 0 aliphatic rings. The summed E-state index contributed by atoms with van der Waals surface area (Å²) in [5.74, 6) is 2.73. The molecule has 0 N–H and O–H groups in total. The third kappa shape index (κ3) is 4.87. The first-order chi connectivity index (χ1) is 8.13. The van der Waals surface area contributed by atoms with E-state index in [0.29, 0.717) is 5.56 Å². The van der Waals surface area contributed by atoms with Gasteiger partial charge in [-0.25, -0.2) is 4.79 Å². The Kier molecular flexibility index (Phi) is 5.49. The van der Waals surface area contributed by atoms with Crippen LogP contribution in [0.4, 0.5) is 4.79 Å². The first-order valence-corrected chi connectivity index (χ1v) is 5.75. The Bertz CT molecular complexity index is 485. The molecule has 0 atom stereocenters. The van der Waals surface area contributed by atoms with Crippen LogP contribution < -0.4 is 4.74 Å². The van der Waals surface area contributed by atoms with Gasteiger partial charge in [0.1, 0.15) is 5.75 Å². The minimum atomic E-state index is -0.843. The molecule has 4 nitrogen and oxygen atoms in total. The molecule has 5 heteroatoms. The summed E-state index contributed by atoms with van der Waals surface area (Å²) in [6.45, 7) is 1.42. The van der Waals surface area contributed by atoms with Gasteiger partial charge in [0.2, 0.25) is 0 Å². The Hall–Kier alpha value is -1.55. The molecule has 0 amide bonds. The number of halogens is 1. The molecule has 0 aliphatic carbocycles. The second kappa shape index (κ2) is 6.91. The second-order valence-corrected chi connectivity index (χ2v) is 3.54. The number of ketones is 1. The fourth-order valence-corrected chi connectivity index (χ4v) is 1.18. The highest BCUT2D eigenvalue weighted by Crippen LogP contribution is 2.14. The molecule has 0 fully saturated rings. The number of hydrogen-bond donors (Lipinski definition) is 0. The zero-order valence-corrected chi connectivity index (χ0v) is 11.2. The van der Waals surface area contributed by atoms with Crippen LogP contribution in [0.1, 0.15) is 17.3 Å². The van der Waals surface area contributed by atoms with E-state index in [0.717, 1.165) is 0 Å². The van der Waals surface area contributed by atoms with Crippen LogP contribution in [-0.2, 0) is 4.74 Å². The van der Waals surface area contributed by atoms with E-state index < -0.39 is 6.16 Å². The highest BCUT2D eigenvalue weighted by atomic mass is 127. The highest BCUT2D eigenvalue weighted by molar-refractivity contribution is 14.1. The van der Waals surface area contributed by atoms with Crippen LogP contribution in [0.3, 0.4) is 0 Å². The first kappa shape index (κ1) is 13.5. The lowest BCUT2D eigenvalue weighted by atomic mass is 10.1. The third-order valence-electron chi connectivity index (χ3n) is 1.77. The van der Waals surface area contributed by atoms with Gasteiger partial charge in [-0.15, -0.1) is 0 Å². The lowest BCUT2D eigenvalue weighted by molar-refractivity contribution is 0.101. The Morgan fingerprint density at radius 1 is 1.41 bits per heavy atom. The predicted octanol–water partition coefficient (Wildman–Crippen LogP) is 2.80. The summed E-state index contributed by atoms with van der Waals surface area (Å²) < 4.78 is 12.1. The van der Waals surface area contributed by atoms with E-state index in [2.05, 4.69) is 14.6 Å². The summed E-state index contributed by atoms with van der Waals surface area (Å²) in [4.78, 5) is 22.3. The molecule has 0 aromatic heterocycles. The van der Waals surface area contributed by atoms with Crippen molar-refractivity contribution in [1.82, 2.24) is 0 Å². The average Bonchev–Trinajstić information content (AvgIpc) is 2.29. The maximum Gasteiger partial charge on any atom is 0.514 e. The van der Waals surface area contributed by atoms with Gasteiger partial charge in [0, 0.05) is 28.2 Å². The Morgan fingerprint density at radius 3 is 2.82 bits per heavy atom. The van der Waals surface area contributed by atoms with Gasteiger partial charge in [-0.2, -0.15) is 0 Å². The quantitative estimate of drug-likeness (QED) is 0.278. The Balaban J connectivity index is 2.61. The summed E-state index contributed by atoms with van der Waals surface area (Å²) in [6, 6.07) is 6.32. The van der Waals surface area contributed by atoms with Crippen LogP contribution in [-0.4, -0.2) is 18.5 Å². The Morgan fingerprint density at radius 2 is 2.18 bits per heavy atom. The van der Waals surface area contributed by atoms with Crippen LogP contribution in [0.15, 0.2) is 24.3 Å². The highest BCUT2D eigenvalue weighted by Gasteiger charge is 2.07. The molecule has 1 aromatic carbocycles. The number of carbonyl (C=O) groups excluding carboxylic acids is 2. The van der Waals surface area contributed by atoms with Crippen molar-refractivity contribution < 1.29 is 19.1 Å². The lowest BCUT2D eigenvalue weighted by Crippen LogP contribution is -2.10. The number of Topliss-reactive ketones (excluding diaryl/α,β-unsaturated/α-hetero) is 1. The normalized spacial score (nSPS) is 8.82. The van der Waals surface area contributed by atoms with Crippen molar-refractivity contribution in [1.29, 1.82) is 0 Å². The lowest BCUT2D eigenvalue weighted by Gasteiger charge is -2.04. The maximum atomic E-state index is 11.2. The van der Waals surface area contributed by atoms with Crippen LogP contribution in [0.5, 0.6) is 5.75 Å². The Labute approximate surface area is 112 Å². The number of ether oxygens (including phenoxy) is 2. The van der Waals surface area contributed by atoms with Gasteiger partial charge >= 0.3 is 6.16 Å². The standard InChI is InChI=1S/C12H9IO4/c1-9(14)10-4-2-5-11(8-10)17-12(15)16-7-3-6-13/h2,4-5,8H,7H2,1H3. The van der Waals surface area contributed by atoms with Crippen molar-refractivity contribution in [2.45, 2.75) is 6.92 Å². The SMILES string of the molecule is CC(=O)c1cccc(OC(=O)OCC#CI)c1. The molecule has 0 saturated carbocycles. The molecule has 0 unspecified atom stereocenters. The zero-order chi connectivity index (χ0) is 12.7. The van der Waals surface area contributed by atoms with Gasteiger partial charge < -0.3 is 9.47 Å². The van der Waals surface area contributed by atoms with Crippen molar-refractivity contribution in [3.8, 4) is 15.6 Å². The van der Waals surface area contributed by atoms with Crippen LogP contribution in [0, 0.1) is 9.85 Å². The average molecular weight is 344 g/mol. The van der Waals surface area contributed by atoms with Gasteiger partial charge in [0.25, 0.3) is 0 Å². The second-order valence-electron chi connectivity index (χ2n) is 3.00. The van der Waals surface area contributed by atoms with E-state index >= 15 is 0 Å². The molecule has 0 spiro atoms. The van der Waals surface area contributed by atoms with Crippen molar-refractivity contribution in [2.24, 2.45) is 0 Å². The monoisotopic (exact) mass is 344 g/mol. The van der Waals surface area contributed by atoms with Gasteiger partial charge in [0.05, 0.1) is 0 Å². The van der Waals surface area contributed by atoms with E-state index in [1.165, 1.54) is 13.0 Å². The summed E-state index contributed by atoms with van der Waals surface area (Å²) in [7, 11) is 0. The van der Waals surface area contributed by atoms with Crippen molar-refractivity contribution in [3.63, 3.8) is 0 Å². The van der Waals surface area contributed by atoms with Gasteiger partial charge in [0.15, 0.2) is 12.4 Å². The van der Waals surface area contributed by atoms with Crippen molar-refractivity contribution in [3.05, 3.63) is 29.8 Å². The number of rotatable bonds is 3. The summed E-state index contributed by atoms with van der Waals surface area (Å²) in [5.41, 5.74) is 0.474. The molecule has 17 heavy (non-hydrogen) atoms. The topological polar surface area (TPSA) is 52.6 Å². The fourth-order valence-electron chi connectivity index (χ4n) is 1.03. The molecular weight excluding hydrogens is 335 g/mol. The van der Waals surface area contributed by atoms with Gasteiger partial charge in [-0.1, -0.05) is 18.1 Å². The molecule has 1 aromatic rings. The molecule has 0 radical (unpaired) electrons. The minimum Gasteiger partial charge on any atom is -0.421 e. The number of hydrogen-bond acceptors (Lipinski definition) is 4. The molecule has 0 saturated heterocycles. The summed E-state index contributed by atoms with van der Waals surface area (Å²) in [6.07, 6.45) is -0.843. The smallest absolute Gasteiger partial charge is 0.421 e. The molecule has 0 heterocycles. The number of benzene rings is 1. The van der Waals surface area contributed by atoms with Crippen LogP contribution >= 0.6 is 22.6 Å². The first-order valence-electron chi connectivity index (χ1n) is 4.67. The van der Waals surface area contributed by atoms with E-state index in [-0.39, 0.29) is 18.1 Å². The maximum absolute atomic E-state index is 11.2. The van der Waals surface area contributed by atoms with Crippen LogP contribution in [0.25, 0.3) is 0 Å². The fraction of sp³-hybridized carbons (Fsp3) is 0.167. The predicted molar refractivity (Wildman–Crippen MR) is 70.2 cm³/mol. The molecule has 0 bridgehead atoms. The van der Waals surface area contributed by atoms with Crippen molar-refractivity contribution in [2.75, 3.05) is 6.61 Å². The number of carbonyl (C=O) groups is 2. The van der Waals surface area contributed by atoms with E-state index in [9.17, 15) is 9.59 Å². The summed E-state index contributed by atoms with van der Waals surface area (Å²) >= 11 is 1.84. The van der Waals surface area contributed by atoms with Crippen molar-refractivity contribution >= 4 is 34.5 Å². The summed E-state index contributed by atoms with van der Waals surface area (Å²) in [5, 5.41) is 0. The minimum absolute atomic E-state index is 0.0197. The third-order valence-corrected chi connectivity index (χ3v) is 2.15.